The number of nitrogens with one attached hydrogen (secondary N) is 2. The van der Waals surface area contributed by atoms with Crippen molar-refractivity contribution in [3.63, 3.8) is 0 Å². The Labute approximate surface area is 102 Å². The topological polar surface area (TPSA) is 61.4 Å². The molecule has 0 saturated carbocycles. The van der Waals surface area contributed by atoms with Crippen LogP contribution in [0.5, 0.6) is 0 Å². The molecular formula is C12H21N3O2. The second-order valence-corrected chi connectivity index (χ2v) is 5.19. The molecule has 0 aliphatic carbocycles. The quantitative estimate of drug-likeness (QED) is 0.648. The van der Waals surface area contributed by atoms with Gasteiger partial charge in [0.05, 0.1) is 12.5 Å². The van der Waals surface area contributed by atoms with E-state index in [4.69, 9.17) is 0 Å². The number of amides is 2. The van der Waals surface area contributed by atoms with Gasteiger partial charge in [0, 0.05) is 6.54 Å². The van der Waals surface area contributed by atoms with Gasteiger partial charge >= 0.3 is 0 Å². The molecule has 2 fully saturated rings. The molecule has 0 bridgehead atoms. The molecule has 0 aromatic heterocycles. The maximum absolute atomic E-state index is 11.3. The van der Waals surface area contributed by atoms with Crippen molar-refractivity contribution in [1.82, 2.24) is 15.5 Å². The summed E-state index contributed by atoms with van der Waals surface area (Å²) in [5.74, 6) is 0.166. The molecular weight excluding hydrogens is 218 g/mol. The first-order valence-corrected chi connectivity index (χ1v) is 6.44. The number of likely N-dealkylation sites (tertiary alicyclic amines) is 1. The first-order valence-electron chi connectivity index (χ1n) is 6.44. The molecule has 2 rings (SSSR count). The zero-order valence-electron chi connectivity index (χ0n) is 10.4. The number of carbonyl (C=O) groups excluding carboxylic acids is 2. The highest BCUT2D eigenvalue weighted by atomic mass is 16.2. The minimum atomic E-state index is -0.316. The van der Waals surface area contributed by atoms with E-state index in [-0.39, 0.29) is 24.3 Å². The Morgan fingerprint density at radius 1 is 1.41 bits per heavy atom. The number of nitrogens with zero attached hydrogens (tertiary/aromatic N) is 1. The molecule has 17 heavy (non-hydrogen) atoms. The standard InChI is InChI=1S/C12H21N3O2/c1-9(8-15-4-2-3-5-15)7-13-10-6-11(16)14-12(10)17/h9-10,13H,2-8H2,1H3,(H,14,16,17). The van der Waals surface area contributed by atoms with Crippen LogP contribution in [0.25, 0.3) is 0 Å². The minimum Gasteiger partial charge on any atom is -0.305 e. The summed E-state index contributed by atoms with van der Waals surface area (Å²) in [5.41, 5.74) is 0. The summed E-state index contributed by atoms with van der Waals surface area (Å²) in [6, 6.07) is -0.316. The summed E-state index contributed by atoms with van der Waals surface area (Å²) in [5, 5.41) is 5.49. The minimum absolute atomic E-state index is 0.167. The largest absolute Gasteiger partial charge is 0.305 e. The van der Waals surface area contributed by atoms with Crippen molar-refractivity contribution in [3.05, 3.63) is 0 Å². The van der Waals surface area contributed by atoms with Crippen LogP contribution in [-0.4, -0.2) is 48.9 Å². The smallest absolute Gasteiger partial charge is 0.244 e. The molecule has 2 N–H and O–H groups in total. The second kappa shape index (κ2) is 5.60. The Kier molecular flexibility index (Phi) is 4.12. The third-order valence-electron chi connectivity index (χ3n) is 3.45. The Morgan fingerprint density at radius 2 is 2.12 bits per heavy atom. The monoisotopic (exact) mass is 239 g/mol. The molecule has 2 amide bonds. The van der Waals surface area contributed by atoms with Gasteiger partial charge in [-0.25, -0.2) is 0 Å². The van der Waals surface area contributed by atoms with Crippen molar-refractivity contribution in [2.24, 2.45) is 5.92 Å². The van der Waals surface area contributed by atoms with Gasteiger partial charge in [-0.1, -0.05) is 6.92 Å². The van der Waals surface area contributed by atoms with E-state index in [0.717, 1.165) is 13.1 Å². The van der Waals surface area contributed by atoms with Gasteiger partial charge in [-0.15, -0.1) is 0 Å². The molecule has 0 radical (unpaired) electrons. The molecule has 0 aromatic rings. The summed E-state index contributed by atoms with van der Waals surface area (Å²) in [6.07, 6.45) is 2.90. The molecule has 2 aliphatic heterocycles. The van der Waals surface area contributed by atoms with Crippen LogP contribution in [0.2, 0.25) is 0 Å². The van der Waals surface area contributed by atoms with Gasteiger partial charge in [-0.05, 0) is 38.4 Å². The lowest BCUT2D eigenvalue weighted by Gasteiger charge is -2.21. The van der Waals surface area contributed by atoms with Crippen molar-refractivity contribution in [2.45, 2.75) is 32.2 Å². The average molecular weight is 239 g/mol. The second-order valence-electron chi connectivity index (χ2n) is 5.19. The Bertz CT molecular complexity index is 300. The van der Waals surface area contributed by atoms with Crippen LogP contribution in [0.15, 0.2) is 0 Å². The van der Waals surface area contributed by atoms with E-state index in [2.05, 4.69) is 22.5 Å². The van der Waals surface area contributed by atoms with Gasteiger partial charge < -0.3 is 10.2 Å². The van der Waals surface area contributed by atoms with Crippen LogP contribution in [0.1, 0.15) is 26.2 Å². The number of rotatable bonds is 5. The fourth-order valence-electron chi connectivity index (χ4n) is 2.53. The lowest BCUT2D eigenvalue weighted by molar-refractivity contribution is -0.125. The van der Waals surface area contributed by atoms with E-state index in [1.54, 1.807) is 0 Å². The van der Waals surface area contributed by atoms with Gasteiger partial charge in [-0.3, -0.25) is 14.9 Å². The maximum Gasteiger partial charge on any atom is 0.244 e. The molecule has 5 nitrogen and oxygen atoms in total. The molecule has 2 unspecified atom stereocenters. The van der Waals surface area contributed by atoms with E-state index in [1.807, 2.05) is 0 Å². The summed E-state index contributed by atoms with van der Waals surface area (Å²) in [7, 11) is 0. The van der Waals surface area contributed by atoms with Crippen LogP contribution in [0.3, 0.4) is 0 Å². The van der Waals surface area contributed by atoms with E-state index in [9.17, 15) is 9.59 Å². The number of imide groups is 1. The summed E-state index contributed by atoms with van der Waals surface area (Å²) < 4.78 is 0. The van der Waals surface area contributed by atoms with Crippen LogP contribution < -0.4 is 10.6 Å². The third-order valence-corrected chi connectivity index (χ3v) is 3.45. The van der Waals surface area contributed by atoms with Crippen molar-refractivity contribution >= 4 is 11.8 Å². The third kappa shape index (κ3) is 3.51. The van der Waals surface area contributed by atoms with E-state index >= 15 is 0 Å². The fraction of sp³-hybridized carbons (Fsp3) is 0.833. The Balaban J connectivity index is 1.67. The van der Waals surface area contributed by atoms with E-state index < -0.39 is 0 Å². The van der Waals surface area contributed by atoms with Gasteiger partial charge in [0.25, 0.3) is 0 Å². The van der Waals surface area contributed by atoms with Crippen LogP contribution in [0.4, 0.5) is 0 Å². The molecule has 2 saturated heterocycles. The molecule has 2 aliphatic rings. The highest BCUT2D eigenvalue weighted by molar-refractivity contribution is 6.05. The molecule has 0 spiro atoms. The number of hydrogen-bond acceptors (Lipinski definition) is 4. The SMILES string of the molecule is CC(CNC1CC(=O)NC1=O)CN1CCCC1. The summed E-state index contributed by atoms with van der Waals surface area (Å²) in [6.45, 7) is 6.45. The lowest BCUT2D eigenvalue weighted by Crippen LogP contribution is -2.40. The number of carbonyl (C=O) groups is 2. The van der Waals surface area contributed by atoms with Crippen LogP contribution in [0, 0.1) is 5.92 Å². The lowest BCUT2D eigenvalue weighted by atomic mass is 10.1. The Morgan fingerprint density at radius 3 is 2.71 bits per heavy atom. The highest BCUT2D eigenvalue weighted by Crippen LogP contribution is 2.10. The van der Waals surface area contributed by atoms with E-state index in [0.29, 0.717) is 5.92 Å². The predicted octanol–water partition coefficient (Wildman–Crippen LogP) is -0.277. The van der Waals surface area contributed by atoms with Gasteiger partial charge in [0.1, 0.15) is 0 Å². The molecule has 0 aromatic carbocycles. The molecule has 2 atom stereocenters. The van der Waals surface area contributed by atoms with Crippen molar-refractivity contribution in [2.75, 3.05) is 26.2 Å². The van der Waals surface area contributed by atoms with Crippen molar-refractivity contribution < 1.29 is 9.59 Å². The first kappa shape index (κ1) is 12.5. The average Bonchev–Trinajstić information content (AvgIpc) is 2.86. The van der Waals surface area contributed by atoms with Crippen LogP contribution >= 0.6 is 0 Å². The van der Waals surface area contributed by atoms with Gasteiger partial charge in [-0.2, -0.15) is 0 Å². The molecule has 5 heteroatoms. The molecule has 2 heterocycles. The van der Waals surface area contributed by atoms with Crippen molar-refractivity contribution in [1.29, 1.82) is 0 Å². The van der Waals surface area contributed by atoms with Crippen molar-refractivity contribution in [3.8, 4) is 0 Å². The van der Waals surface area contributed by atoms with Gasteiger partial charge in [0.2, 0.25) is 11.8 Å². The van der Waals surface area contributed by atoms with E-state index in [1.165, 1.54) is 25.9 Å². The first-order chi connectivity index (χ1) is 8.15. The van der Waals surface area contributed by atoms with Crippen LogP contribution in [-0.2, 0) is 9.59 Å². The normalized spacial score (nSPS) is 27.5. The Hall–Kier alpha value is -0.940. The fourth-order valence-corrected chi connectivity index (χ4v) is 2.53. The molecule has 96 valence electrons. The summed E-state index contributed by atoms with van der Waals surface area (Å²) >= 11 is 0. The highest BCUT2D eigenvalue weighted by Gasteiger charge is 2.30. The maximum atomic E-state index is 11.3. The predicted molar refractivity (Wildman–Crippen MR) is 64.4 cm³/mol. The van der Waals surface area contributed by atoms with Gasteiger partial charge in [0.15, 0.2) is 0 Å². The summed E-state index contributed by atoms with van der Waals surface area (Å²) in [4.78, 5) is 24.8. The zero-order chi connectivity index (χ0) is 12.3. The number of hydrogen-bond donors (Lipinski definition) is 2. The zero-order valence-corrected chi connectivity index (χ0v) is 10.4.